The fraction of sp³-hybridized carbons (Fsp3) is 0.238. The summed E-state index contributed by atoms with van der Waals surface area (Å²) in [6.45, 7) is 3.12. The van der Waals surface area contributed by atoms with Crippen LogP contribution in [0.5, 0.6) is 0 Å². The summed E-state index contributed by atoms with van der Waals surface area (Å²) in [4.78, 5) is 17.0. The molecule has 1 aliphatic rings. The predicted octanol–water partition coefficient (Wildman–Crippen LogP) is 5.80. The van der Waals surface area contributed by atoms with Crippen LogP contribution in [0.4, 0.5) is 11.4 Å². The molecule has 1 aliphatic heterocycles. The van der Waals surface area contributed by atoms with E-state index in [0.29, 0.717) is 0 Å². The van der Waals surface area contributed by atoms with Gasteiger partial charge in [-0.05, 0) is 54.6 Å². The van der Waals surface area contributed by atoms with E-state index in [9.17, 15) is 4.79 Å². The number of thioether (sulfide) groups is 1. The summed E-state index contributed by atoms with van der Waals surface area (Å²) >= 11 is 3.42. The first-order chi connectivity index (χ1) is 13.1. The minimum Gasteiger partial charge on any atom is -0.477 e. The quantitative estimate of drug-likeness (QED) is 0.378. The number of anilines is 2. The van der Waals surface area contributed by atoms with Crippen molar-refractivity contribution in [3.63, 3.8) is 0 Å². The van der Waals surface area contributed by atoms with E-state index in [2.05, 4.69) is 36.3 Å². The van der Waals surface area contributed by atoms with E-state index in [4.69, 9.17) is 10.4 Å². The van der Waals surface area contributed by atoms with Gasteiger partial charge < -0.3 is 10.0 Å². The molecule has 0 aliphatic carbocycles. The molecule has 0 bridgehead atoms. The van der Waals surface area contributed by atoms with Gasteiger partial charge in [0, 0.05) is 21.2 Å². The third-order valence-electron chi connectivity index (χ3n) is 4.35. The summed E-state index contributed by atoms with van der Waals surface area (Å²) in [7, 11) is 0. The van der Waals surface area contributed by atoms with Crippen molar-refractivity contribution in [2.75, 3.05) is 17.7 Å². The Morgan fingerprint density at radius 3 is 2.74 bits per heavy atom. The van der Waals surface area contributed by atoms with Gasteiger partial charge in [0.2, 0.25) is 0 Å². The van der Waals surface area contributed by atoms with Crippen LogP contribution in [0.1, 0.15) is 25.3 Å². The molecule has 0 amide bonds. The van der Waals surface area contributed by atoms with Crippen LogP contribution in [0.2, 0.25) is 0 Å². The number of benzene rings is 2. The molecule has 4 nitrogen and oxygen atoms in total. The number of nitrogens with zero attached hydrogens (tertiary/aromatic N) is 2. The molecule has 2 aromatic carbocycles. The summed E-state index contributed by atoms with van der Waals surface area (Å²) in [5.74, 6) is -1.21. The molecule has 1 heterocycles. The smallest absolute Gasteiger partial charge is 0.346 e. The summed E-state index contributed by atoms with van der Waals surface area (Å²) < 4.78 is 0. The second-order valence-corrected chi connectivity index (χ2v) is 8.11. The monoisotopic (exact) mass is 396 g/mol. The molecule has 6 heteroatoms. The zero-order chi connectivity index (χ0) is 19.4. The van der Waals surface area contributed by atoms with Crippen LogP contribution in [-0.4, -0.2) is 23.9 Å². The van der Waals surface area contributed by atoms with Gasteiger partial charge >= 0.3 is 5.97 Å². The number of unbranched alkanes of at least 4 members (excludes halogenated alkanes) is 1. The Labute approximate surface area is 167 Å². The Balaban J connectivity index is 2.05. The van der Waals surface area contributed by atoms with Gasteiger partial charge in [-0.1, -0.05) is 31.2 Å². The maximum Gasteiger partial charge on any atom is 0.346 e. The van der Waals surface area contributed by atoms with Crippen molar-refractivity contribution in [2.45, 2.75) is 34.5 Å². The topological polar surface area (TPSA) is 64.3 Å². The van der Waals surface area contributed by atoms with E-state index in [1.54, 1.807) is 29.6 Å². The molecule has 3 rings (SSSR count). The number of hydrogen-bond donors (Lipinski definition) is 1. The van der Waals surface area contributed by atoms with Gasteiger partial charge in [0.05, 0.1) is 11.4 Å². The minimum atomic E-state index is -1.21. The van der Waals surface area contributed by atoms with Gasteiger partial charge in [-0.3, -0.25) is 0 Å². The van der Waals surface area contributed by atoms with E-state index in [1.807, 2.05) is 18.2 Å². The molecule has 0 radical (unpaired) electrons. The van der Waals surface area contributed by atoms with Crippen LogP contribution >= 0.6 is 23.5 Å². The highest BCUT2D eigenvalue weighted by Gasteiger charge is 2.23. The number of rotatable bonds is 6. The maximum atomic E-state index is 11.1. The molecule has 27 heavy (non-hydrogen) atoms. The van der Waals surface area contributed by atoms with Crippen LogP contribution in [0.25, 0.3) is 6.08 Å². The number of fused-ring (bicyclic) bond motifs is 2. The largest absolute Gasteiger partial charge is 0.477 e. The number of hydrogen-bond acceptors (Lipinski definition) is 5. The van der Waals surface area contributed by atoms with Crippen molar-refractivity contribution in [2.24, 2.45) is 0 Å². The highest BCUT2D eigenvalue weighted by Crippen LogP contribution is 2.49. The first kappa shape index (κ1) is 19.4. The van der Waals surface area contributed by atoms with Gasteiger partial charge in [0.15, 0.2) is 0 Å². The molecule has 138 valence electrons. The molecule has 0 atom stereocenters. The molecule has 0 unspecified atom stereocenters. The Bertz CT molecular complexity index is 948. The lowest BCUT2D eigenvalue weighted by molar-refractivity contribution is -0.132. The van der Waals surface area contributed by atoms with Gasteiger partial charge in [-0.2, -0.15) is 5.26 Å². The van der Waals surface area contributed by atoms with E-state index in [1.165, 1.54) is 21.6 Å². The van der Waals surface area contributed by atoms with Crippen molar-refractivity contribution in [3.05, 3.63) is 47.5 Å². The fourth-order valence-electron chi connectivity index (χ4n) is 2.96. The SMILES string of the molecule is CCCCN1c2ccc(/C=C(/C#N)C(=O)O)cc2Sc2ccc(SC)cc21. The lowest BCUT2D eigenvalue weighted by Gasteiger charge is -2.33. The van der Waals surface area contributed by atoms with Crippen LogP contribution in [-0.2, 0) is 4.79 Å². The number of carboxylic acids is 1. The Morgan fingerprint density at radius 1 is 1.26 bits per heavy atom. The molecule has 2 aromatic rings. The van der Waals surface area contributed by atoms with Crippen molar-refractivity contribution >= 4 is 46.9 Å². The summed E-state index contributed by atoms with van der Waals surface area (Å²) in [6.07, 6.45) is 5.70. The van der Waals surface area contributed by atoms with Crippen molar-refractivity contribution in [1.82, 2.24) is 0 Å². The first-order valence-corrected chi connectivity index (χ1v) is 10.7. The zero-order valence-corrected chi connectivity index (χ0v) is 16.9. The first-order valence-electron chi connectivity index (χ1n) is 8.70. The lowest BCUT2D eigenvalue weighted by Crippen LogP contribution is -2.22. The predicted molar refractivity (Wildman–Crippen MR) is 112 cm³/mol. The molecule has 0 aromatic heterocycles. The minimum absolute atomic E-state index is 0.261. The maximum absolute atomic E-state index is 11.1. The van der Waals surface area contributed by atoms with Gasteiger partial charge in [-0.15, -0.1) is 11.8 Å². The number of nitriles is 1. The number of carboxylic acid groups (broad SMARTS) is 1. The molecular weight excluding hydrogens is 376 g/mol. The van der Waals surface area contributed by atoms with Crippen LogP contribution in [0.3, 0.4) is 0 Å². The second kappa shape index (κ2) is 8.55. The summed E-state index contributed by atoms with van der Waals surface area (Å²) in [5.41, 5.74) is 2.81. The summed E-state index contributed by atoms with van der Waals surface area (Å²) in [6, 6.07) is 14.1. The van der Waals surface area contributed by atoms with Crippen molar-refractivity contribution in [1.29, 1.82) is 5.26 Å². The molecular formula is C21H20N2O2S2. The third kappa shape index (κ3) is 4.15. The Kier molecular flexibility index (Phi) is 6.15. The number of carbonyl (C=O) groups is 1. The van der Waals surface area contributed by atoms with Gasteiger partial charge in [0.25, 0.3) is 0 Å². The van der Waals surface area contributed by atoms with E-state index in [-0.39, 0.29) is 5.57 Å². The average molecular weight is 397 g/mol. The normalized spacial score (nSPS) is 12.9. The van der Waals surface area contributed by atoms with Crippen LogP contribution < -0.4 is 4.90 Å². The Hall–Kier alpha value is -2.36. The molecule has 0 spiro atoms. The van der Waals surface area contributed by atoms with Crippen LogP contribution in [0, 0.1) is 11.3 Å². The zero-order valence-electron chi connectivity index (χ0n) is 15.2. The molecule has 0 fully saturated rings. The fourth-order valence-corrected chi connectivity index (χ4v) is 4.52. The Morgan fingerprint density at radius 2 is 2.07 bits per heavy atom. The van der Waals surface area contributed by atoms with E-state index in [0.717, 1.165) is 35.5 Å². The standard InChI is InChI=1S/C21H20N2O2S2/c1-3-4-9-23-17-7-5-14(10-15(13-22)21(24)25)11-20(17)27-19-8-6-16(26-2)12-18(19)23/h5-8,10-12H,3-4,9H2,1-2H3,(H,24,25)/b15-10-. The summed E-state index contributed by atoms with van der Waals surface area (Å²) in [5, 5.41) is 18.1. The number of aliphatic carboxylic acids is 1. The second-order valence-electron chi connectivity index (χ2n) is 6.14. The van der Waals surface area contributed by atoms with E-state index < -0.39 is 5.97 Å². The molecule has 0 saturated heterocycles. The van der Waals surface area contributed by atoms with Gasteiger partial charge in [-0.25, -0.2) is 4.79 Å². The van der Waals surface area contributed by atoms with Crippen molar-refractivity contribution < 1.29 is 9.90 Å². The third-order valence-corrected chi connectivity index (χ3v) is 6.19. The van der Waals surface area contributed by atoms with E-state index >= 15 is 0 Å². The highest BCUT2D eigenvalue weighted by atomic mass is 32.2. The highest BCUT2D eigenvalue weighted by molar-refractivity contribution is 8.00. The van der Waals surface area contributed by atoms with Crippen LogP contribution in [0.15, 0.2) is 56.7 Å². The lowest BCUT2D eigenvalue weighted by atomic mass is 10.1. The van der Waals surface area contributed by atoms with Gasteiger partial charge in [0.1, 0.15) is 11.6 Å². The molecule has 1 N–H and O–H groups in total. The average Bonchev–Trinajstić information content (AvgIpc) is 2.68. The van der Waals surface area contributed by atoms with Crippen molar-refractivity contribution in [3.8, 4) is 6.07 Å². The molecule has 0 saturated carbocycles.